The number of carbonyl (C=O) groups is 1. The van der Waals surface area contributed by atoms with Gasteiger partial charge in [-0.05, 0) is 145 Å². The number of anilines is 4. The minimum Gasteiger partial charge on any atom is -0.491 e. The first-order valence-electron chi connectivity index (χ1n) is 26.4. The number of aromatic nitrogens is 2. The number of sulfonamides is 1. The molecule has 0 bridgehead atoms. The predicted octanol–water partition coefficient (Wildman–Crippen LogP) is 8.63. The normalized spacial score (nSPS) is 26.2. The fraction of sp³-hybridized carbons (Fsp3) is 0.527. The third kappa shape index (κ3) is 10.0. The van der Waals surface area contributed by atoms with Gasteiger partial charge in [0.1, 0.15) is 28.9 Å². The lowest BCUT2D eigenvalue weighted by Gasteiger charge is -2.57. The van der Waals surface area contributed by atoms with Crippen molar-refractivity contribution in [2.24, 2.45) is 11.3 Å². The number of rotatable bonds is 13. The second kappa shape index (κ2) is 19.9. The maximum atomic E-state index is 14.8. The highest BCUT2D eigenvalue weighted by atomic mass is 32.2. The first kappa shape index (κ1) is 50.2. The lowest BCUT2D eigenvalue weighted by atomic mass is 9.59. The molecule has 2 aliphatic carbocycles. The number of ether oxygens (including phenoxy) is 4. The molecule has 0 radical (unpaired) electrons. The molecule has 1 amide bonds. The second-order valence-electron chi connectivity index (χ2n) is 22.2. The Labute approximate surface area is 432 Å². The Morgan fingerprint density at radius 1 is 1.00 bits per heavy atom. The van der Waals surface area contributed by atoms with E-state index in [2.05, 4.69) is 61.8 Å². The van der Waals surface area contributed by atoms with E-state index in [1.54, 1.807) is 12.3 Å². The van der Waals surface area contributed by atoms with Crippen molar-refractivity contribution in [2.45, 2.75) is 132 Å². The van der Waals surface area contributed by atoms with Crippen LogP contribution in [0, 0.1) is 21.4 Å². The minimum atomic E-state index is -4.64. The zero-order valence-electron chi connectivity index (χ0n) is 42.6. The molecule has 19 heteroatoms. The van der Waals surface area contributed by atoms with Crippen molar-refractivity contribution in [3.63, 3.8) is 0 Å². The van der Waals surface area contributed by atoms with Gasteiger partial charge < -0.3 is 44.2 Å². The third-order valence-corrected chi connectivity index (χ3v) is 18.0. The quantitative estimate of drug-likeness (QED) is 0.0642. The molecule has 2 aromatic heterocycles. The number of nitrogens with one attached hydrogen (secondary N) is 3. The Morgan fingerprint density at radius 2 is 1.78 bits per heavy atom. The second-order valence-corrected chi connectivity index (χ2v) is 23.9. The number of hydrogen-bond donors (Lipinski definition) is 4. The van der Waals surface area contributed by atoms with Crippen molar-refractivity contribution in [1.82, 2.24) is 19.6 Å². The maximum Gasteiger partial charge on any atom is 0.293 e. The number of fused-ring (bicyclic) bond motifs is 3. The summed E-state index contributed by atoms with van der Waals surface area (Å²) >= 11 is 0. The van der Waals surface area contributed by atoms with Crippen LogP contribution in [0.5, 0.6) is 11.6 Å². The number of nitrogens with zero attached hydrogens (tertiary/aromatic N) is 5. The molecule has 6 heterocycles. The van der Waals surface area contributed by atoms with Crippen molar-refractivity contribution in [2.75, 3.05) is 61.1 Å². The molecular formula is C55H68N8O10S. The Hall–Kier alpha value is -5.99. The molecule has 3 aromatic carbocycles. The van der Waals surface area contributed by atoms with Crippen LogP contribution in [0.2, 0.25) is 0 Å². The van der Waals surface area contributed by atoms with Gasteiger partial charge in [0.05, 0.1) is 70.8 Å². The van der Waals surface area contributed by atoms with Gasteiger partial charge in [-0.15, -0.1) is 0 Å². The first-order valence-corrected chi connectivity index (χ1v) is 27.9. The number of pyridine rings is 1. The van der Waals surface area contributed by atoms with Gasteiger partial charge in [0, 0.05) is 61.1 Å². The number of aromatic amines is 1. The van der Waals surface area contributed by atoms with E-state index in [4.69, 9.17) is 23.9 Å². The van der Waals surface area contributed by atoms with Gasteiger partial charge in [-0.25, -0.2) is 13.1 Å². The molecule has 74 heavy (non-hydrogen) atoms. The van der Waals surface area contributed by atoms with Gasteiger partial charge in [0.15, 0.2) is 0 Å². The topological polar surface area (TPSA) is 214 Å². The van der Waals surface area contributed by atoms with E-state index in [0.29, 0.717) is 68.0 Å². The number of aliphatic hydroxyl groups is 1. The number of amides is 1. The van der Waals surface area contributed by atoms with Crippen LogP contribution in [0.4, 0.5) is 28.4 Å². The van der Waals surface area contributed by atoms with Crippen molar-refractivity contribution >= 4 is 55.4 Å². The van der Waals surface area contributed by atoms with Crippen LogP contribution >= 0.6 is 0 Å². The summed E-state index contributed by atoms with van der Waals surface area (Å²) in [5, 5.41) is 26.8. The number of benzene rings is 3. The largest absolute Gasteiger partial charge is 0.491 e. The van der Waals surface area contributed by atoms with Gasteiger partial charge in [0.2, 0.25) is 5.88 Å². The molecule has 3 saturated heterocycles. The Balaban J connectivity index is 0.867. The van der Waals surface area contributed by atoms with E-state index in [0.717, 1.165) is 81.0 Å². The monoisotopic (exact) mass is 1030 g/mol. The highest BCUT2D eigenvalue weighted by Crippen LogP contribution is 2.54. The van der Waals surface area contributed by atoms with Crippen molar-refractivity contribution in [3.8, 4) is 11.6 Å². The summed E-state index contributed by atoms with van der Waals surface area (Å²) < 4.78 is 55.8. The zero-order valence-corrected chi connectivity index (χ0v) is 43.4. The first-order chi connectivity index (χ1) is 35.5. The number of hydrogen-bond acceptors (Lipinski definition) is 15. The lowest BCUT2D eigenvalue weighted by molar-refractivity contribution is -0.384. The number of H-pyrrole nitrogens is 1. The summed E-state index contributed by atoms with van der Waals surface area (Å²) in [5.74, 6) is 0.581. The molecule has 5 fully saturated rings. The molecule has 5 aromatic rings. The fourth-order valence-corrected chi connectivity index (χ4v) is 13.5. The maximum absolute atomic E-state index is 14.8. The fourth-order valence-electron chi connectivity index (χ4n) is 12.5. The minimum absolute atomic E-state index is 0.0651. The molecular weight excluding hydrogens is 965 g/mol. The summed E-state index contributed by atoms with van der Waals surface area (Å²) in [4.78, 5) is 41.3. The molecule has 18 nitrogen and oxygen atoms in total. The van der Waals surface area contributed by atoms with Crippen LogP contribution in [-0.2, 0) is 19.5 Å². The Kier molecular flexibility index (Phi) is 13.5. The summed E-state index contributed by atoms with van der Waals surface area (Å²) in [5.41, 5.74) is 3.17. The van der Waals surface area contributed by atoms with Crippen LogP contribution in [0.3, 0.4) is 0 Å². The Bertz CT molecular complexity index is 3010. The average molecular weight is 1030 g/mol. The summed E-state index contributed by atoms with van der Waals surface area (Å²) in [7, 11) is -4.64. The molecule has 4 N–H and O–H groups in total. The van der Waals surface area contributed by atoms with E-state index in [1.807, 2.05) is 44.2 Å². The molecule has 4 atom stereocenters. The zero-order chi connectivity index (χ0) is 51.5. The van der Waals surface area contributed by atoms with E-state index in [1.165, 1.54) is 17.7 Å². The SMILES string of the molecule is CC(C)Oc1ccccc1[C@@H]1COCCN1C1CC2(CCN(c3ccc(C(=O)NS(=O)(=O)c4ccc(NCC5CCC(C)(O)CC5)c([N+](=O)[O-])c4)c(N4c5cc6cc[nH]c6nc5O[C@H]5CO[C@@H](C)C[C@@H]54)c3)CC2)C1. The molecule has 394 valence electrons. The lowest BCUT2D eigenvalue weighted by Crippen LogP contribution is -2.58. The summed E-state index contributed by atoms with van der Waals surface area (Å²) in [6.45, 7) is 12.5. The highest BCUT2D eigenvalue weighted by Gasteiger charge is 2.50. The Morgan fingerprint density at radius 3 is 2.55 bits per heavy atom. The van der Waals surface area contributed by atoms with Gasteiger partial charge >= 0.3 is 0 Å². The number of para-hydroxylation sites is 1. The van der Waals surface area contributed by atoms with Crippen LogP contribution in [-0.4, -0.2) is 121 Å². The number of nitro benzene ring substituents is 1. The van der Waals surface area contributed by atoms with Gasteiger partial charge in [-0.2, -0.15) is 4.98 Å². The molecule has 0 unspecified atom stereocenters. The van der Waals surface area contributed by atoms with E-state index >= 15 is 0 Å². The summed E-state index contributed by atoms with van der Waals surface area (Å²) in [6, 6.07) is 21.7. The molecule has 1 spiro atoms. The number of carbonyl (C=O) groups excluding carboxylic acids is 1. The molecule has 4 aliphatic heterocycles. The van der Waals surface area contributed by atoms with E-state index in [9.17, 15) is 28.4 Å². The average Bonchev–Trinajstić information content (AvgIpc) is 3.84. The van der Waals surface area contributed by atoms with Crippen molar-refractivity contribution < 1.29 is 42.2 Å². The number of morpholine rings is 1. The van der Waals surface area contributed by atoms with E-state index < -0.39 is 43.1 Å². The number of nitro groups is 1. The van der Waals surface area contributed by atoms with Crippen LogP contribution in [0.1, 0.15) is 107 Å². The molecule has 11 rings (SSSR count). The standard InChI is InChI=1S/C55H68N8O10S/c1-34(2)72-49-8-6-5-7-41(49)48-32-70-24-23-61(48)39-29-55(30-39)18-21-60(22-19-55)38-9-11-42(44(27-38)62-46-25-35(3)71-33-50(46)73-53-47(62)26-37-15-20-56-51(37)58-53)52(64)59-74(68,69)40-10-12-43(45(28-40)63(66)67)57-31-36-13-16-54(4,65)17-14-36/h5-12,15,20,26-28,34-36,39,46,48,50,57,65H,13-14,16-19,21-25,29-33H2,1-4H3,(H,56,58)(H,59,64)/t35-,36?,46-,48-,50-,54?/m0/s1. The van der Waals surface area contributed by atoms with Crippen LogP contribution in [0.25, 0.3) is 11.0 Å². The third-order valence-electron chi connectivity index (χ3n) is 16.6. The van der Waals surface area contributed by atoms with Gasteiger partial charge in [-0.1, -0.05) is 18.2 Å². The number of piperidine rings is 1. The molecule has 2 saturated carbocycles. The summed E-state index contributed by atoms with van der Waals surface area (Å²) in [6.07, 6.45) is 8.82. The highest BCUT2D eigenvalue weighted by molar-refractivity contribution is 7.90. The van der Waals surface area contributed by atoms with Gasteiger partial charge in [0.25, 0.3) is 21.6 Å². The van der Waals surface area contributed by atoms with Gasteiger partial charge in [-0.3, -0.25) is 19.8 Å². The predicted molar refractivity (Wildman–Crippen MR) is 281 cm³/mol. The van der Waals surface area contributed by atoms with E-state index in [-0.39, 0.29) is 53.5 Å². The smallest absolute Gasteiger partial charge is 0.293 e. The molecule has 6 aliphatic rings. The van der Waals surface area contributed by atoms with Crippen LogP contribution < -0.4 is 29.3 Å². The van der Waals surface area contributed by atoms with Crippen LogP contribution in [0.15, 0.2) is 83.9 Å². The van der Waals surface area contributed by atoms with Crippen molar-refractivity contribution in [3.05, 3.63) is 100 Å². The van der Waals surface area contributed by atoms with Crippen molar-refractivity contribution in [1.29, 1.82) is 0 Å².